The number of hydrogen-bond donors (Lipinski definition) is 0. The molecule has 0 aromatic heterocycles. The van der Waals surface area contributed by atoms with Crippen molar-refractivity contribution in [2.24, 2.45) is 5.92 Å². The third-order valence-electron chi connectivity index (χ3n) is 1.12. The molecule has 9 heavy (non-hydrogen) atoms. The molecule has 0 aliphatic rings. The van der Waals surface area contributed by atoms with E-state index < -0.39 is 0 Å². The Morgan fingerprint density at radius 2 is 2.44 bits per heavy atom. The Morgan fingerprint density at radius 1 is 1.78 bits per heavy atom. The third-order valence-corrected chi connectivity index (χ3v) is 1.56. The van der Waals surface area contributed by atoms with Gasteiger partial charge >= 0.3 is 0 Å². The molecule has 0 bridgehead atoms. The molecule has 0 aromatic carbocycles. The van der Waals surface area contributed by atoms with Gasteiger partial charge in [0.25, 0.3) is 0 Å². The van der Waals surface area contributed by atoms with Crippen LogP contribution in [0.2, 0.25) is 0 Å². The van der Waals surface area contributed by atoms with Gasteiger partial charge in [-0.2, -0.15) is 0 Å². The first-order valence-corrected chi connectivity index (χ1v) is 3.54. The van der Waals surface area contributed by atoms with E-state index in [9.17, 15) is 0 Å². The molecule has 1 atom stereocenters. The Labute approximate surface area is 61.7 Å². The average molecular weight is 149 g/mol. The second-order valence-corrected chi connectivity index (χ2v) is 2.31. The third kappa shape index (κ3) is 4.49. The van der Waals surface area contributed by atoms with E-state index in [1.54, 1.807) is 7.11 Å². The smallest absolute Gasteiger partial charge is 0.0504 e. The summed E-state index contributed by atoms with van der Waals surface area (Å²) in [5.41, 5.74) is 0. The normalized spacial score (nSPS) is 13.1. The van der Waals surface area contributed by atoms with Gasteiger partial charge in [0.2, 0.25) is 0 Å². The van der Waals surface area contributed by atoms with E-state index in [2.05, 4.69) is 6.58 Å². The summed E-state index contributed by atoms with van der Waals surface area (Å²) in [6.07, 6.45) is 2.81. The first kappa shape index (κ1) is 8.99. The monoisotopic (exact) mass is 148 g/mol. The number of methoxy groups -OCH3 is 1. The van der Waals surface area contributed by atoms with E-state index in [-0.39, 0.29) is 0 Å². The first-order valence-electron chi connectivity index (χ1n) is 3.01. The Morgan fingerprint density at radius 3 is 2.78 bits per heavy atom. The lowest BCUT2D eigenvalue weighted by Gasteiger charge is -2.07. The summed E-state index contributed by atoms with van der Waals surface area (Å²) in [6, 6.07) is 0. The van der Waals surface area contributed by atoms with Gasteiger partial charge in [0.05, 0.1) is 6.61 Å². The summed E-state index contributed by atoms with van der Waals surface area (Å²) in [5.74, 6) is 1.09. The van der Waals surface area contributed by atoms with Gasteiger partial charge in [-0.3, -0.25) is 0 Å². The zero-order valence-corrected chi connectivity index (χ0v) is 6.53. The van der Waals surface area contributed by atoms with E-state index >= 15 is 0 Å². The van der Waals surface area contributed by atoms with Crippen molar-refractivity contribution in [3.05, 3.63) is 12.7 Å². The minimum Gasteiger partial charge on any atom is -0.384 e. The number of halogens is 1. The predicted octanol–water partition coefficient (Wildman–Crippen LogP) is 2.06. The number of alkyl halides is 1. The minimum atomic E-state index is 0.439. The zero-order chi connectivity index (χ0) is 7.11. The molecule has 0 spiro atoms. The van der Waals surface area contributed by atoms with Gasteiger partial charge < -0.3 is 4.74 Å². The fraction of sp³-hybridized carbons (Fsp3) is 0.714. The van der Waals surface area contributed by atoms with Crippen molar-refractivity contribution in [1.29, 1.82) is 0 Å². The Bertz CT molecular complexity index is 73.3. The Balaban J connectivity index is 3.28. The molecule has 0 heterocycles. The van der Waals surface area contributed by atoms with Crippen LogP contribution in [0.15, 0.2) is 12.7 Å². The standard InChI is InChI=1S/C7H13ClO/c1-3-4-7(5-8)6-9-2/h3,7H,1,4-6H2,2H3. The maximum Gasteiger partial charge on any atom is 0.0504 e. The second kappa shape index (κ2) is 6.12. The fourth-order valence-corrected chi connectivity index (χ4v) is 0.862. The van der Waals surface area contributed by atoms with Crippen molar-refractivity contribution in [3.63, 3.8) is 0 Å². The van der Waals surface area contributed by atoms with E-state index in [4.69, 9.17) is 16.3 Å². The highest BCUT2D eigenvalue weighted by Crippen LogP contribution is 2.05. The number of hydrogen-bond acceptors (Lipinski definition) is 1. The van der Waals surface area contributed by atoms with Gasteiger partial charge in [-0.15, -0.1) is 18.2 Å². The zero-order valence-electron chi connectivity index (χ0n) is 5.77. The summed E-state index contributed by atoms with van der Waals surface area (Å²) in [7, 11) is 1.68. The van der Waals surface area contributed by atoms with Crippen LogP contribution in [0.4, 0.5) is 0 Å². The van der Waals surface area contributed by atoms with Gasteiger partial charge in [0, 0.05) is 13.0 Å². The van der Waals surface area contributed by atoms with Crippen molar-refractivity contribution < 1.29 is 4.74 Å². The molecule has 1 unspecified atom stereocenters. The number of rotatable bonds is 5. The van der Waals surface area contributed by atoms with Gasteiger partial charge in [-0.05, 0) is 12.3 Å². The maximum atomic E-state index is 5.60. The van der Waals surface area contributed by atoms with Crippen LogP contribution < -0.4 is 0 Å². The van der Waals surface area contributed by atoms with Crippen molar-refractivity contribution in [1.82, 2.24) is 0 Å². The van der Waals surface area contributed by atoms with Crippen LogP contribution in [0.25, 0.3) is 0 Å². The van der Waals surface area contributed by atoms with Crippen LogP contribution >= 0.6 is 11.6 Å². The fourth-order valence-electron chi connectivity index (χ4n) is 0.647. The summed E-state index contributed by atoms with van der Waals surface area (Å²) < 4.78 is 4.92. The highest BCUT2D eigenvalue weighted by molar-refractivity contribution is 6.18. The van der Waals surface area contributed by atoms with Crippen molar-refractivity contribution in [2.75, 3.05) is 19.6 Å². The van der Waals surface area contributed by atoms with E-state index in [0.29, 0.717) is 11.8 Å². The quantitative estimate of drug-likeness (QED) is 0.429. The first-order chi connectivity index (χ1) is 4.35. The molecule has 2 heteroatoms. The molecule has 0 N–H and O–H groups in total. The van der Waals surface area contributed by atoms with E-state index in [1.807, 2.05) is 6.08 Å². The SMILES string of the molecule is C=CCC(CCl)COC. The van der Waals surface area contributed by atoms with Gasteiger partial charge in [0.1, 0.15) is 0 Å². The van der Waals surface area contributed by atoms with Crippen molar-refractivity contribution in [2.45, 2.75) is 6.42 Å². The molecule has 0 fully saturated rings. The average Bonchev–Trinajstić information content (AvgIpc) is 1.88. The van der Waals surface area contributed by atoms with Gasteiger partial charge in [0.15, 0.2) is 0 Å². The molecule has 0 saturated heterocycles. The van der Waals surface area contributed by atoms with Crippen LogP contribution in [0.1, 0.15) is 6.42 Å². The molecule has 0 rings (SSSR count). The van der Waals surface area contributed by atoms with E-state index in [1.165, 1.54) is 0 Å². The van der Waals surface area contributed by atoms with Crippen LogP contribution in [0.3, 0.4) is 0 Å². The number of ether oxygens (including phenoxy) is 1. The molecular weight excluding hydrogens is 136 g/mol. The van der Waals surface area contributed by atoms with Gasteiger partial charge in [-0.25, -0.2) is 0 Å². The molecular formula is C7H13ClO. The maximum absolute atomic E-state index is 5.60. The highest BCUT2D eigenvalue weighted by atomic mass is 35.5. The predicted molar refractivity (Wildman–Crippen MR) is 40.9 cm³/mol. The minimum absolute atomic E-state index is 0.439. The molecule has 0 radical (unpaired) electrons. The molecule has 0 aliphatic heterocycles. The second-order valence-electron chi connectivity index (χ2n) is 2.00. The lowest BCUT2D eigenvalue weighted by atomic mass is 10.1. The van der Waals surface area contributed by atoms with Gasteiger partial charge in [-0.1, -0.05) is 6.08 Å². The molecule has 1 nitrogen and oxygen atoms in total. The Hall–Kier alpha value is -0.0100. The summed E-state index contributed by atoms with van der Waals surface area (Å²) in [5, 5.41) is 0. The van der Waals surface area contributed by atoms with Crippen LogP contribution in [0, 0.1) is 5.92 Å². The van der Waals surface area contributed by atoms with Crippen LogP contribution in [-0.4, -0.2) is 19.6 Å². The Kier molecular flexibility index (Phi) is 6.11. The molecule has 0 aliphatic carbocycles. The van der Waals surface area contributed by atoms with Crippen LogP contribution in [-0.2, 0) is 4.74 Å². The topological polar surface area (TPSA) is 9.23 Å². The molecule has 0 aromatic rings. The number of allylic oxidation sites excluding steroid dienone is 1. The van der Waals surface area contributed by atoms with E-state index in [0.717, 1.165) is 13.0 Å². The highest BCUT2D eigenvalue weighted by Gasteiger charge is 2.02. The lowest BCUT2D eigenvalue weighted by molar-refractivity contribution is 0.162. The van der Waals surface area contributed by atoms with Crippen molar-refractivity contribution >= 4 is 11.6 Å². The summed E-state index contributed by atoms with van der Waals surface area (Å²) in [4.78, 5) is 0. The molecule has 54 valence electrons. The molecule has 0 saturated carbocycles. The largest absolute Gasteiger partial charge is 0.384 e. The van der Waals surface area contributed by atoms with Crippen LogP contribution in [0.5, 0.6) is 0 Å². The summed E-state index contributed by atoms with van der Waals surface area (Å²) in [6.45, 7) is 4.35. The molecule has 0 amide bonds. The summed E-state index contributed by atoms with van der Waals surface area (Å²) >= 11 is 5.60. The van der Waals surface area contributed by atoms with Crippen molar-refractivity contribution in [3.8, 4) is 0 Å². The lowest BCUT2D eigenvalue weighted by Crippen LogP contribution is -2.08.